The van der Waals surface area contributed by atoms with Crippen molar-refractivity contribution in [1.29, 1.82) is 0 Å². The molecule has 1 amide bonds. The van der Waals surface area contributed by atoms with Crippen molar-refractivity contribution < 1.29 is 4.79 Å². The first kappa shape index (κ1) is 16.7. The predicted octanol–water partition coefficient (Wildman–Crippen LogP) is 3.78. The molecular formula is C21H26N2O. The van der Waals surface area contributed by atoms with E-state index in [0.29, 0.717) is 0 Å². The number of hydrogen-bond donors (Lipinski definition) is 1. The molecule has 0 bridgehead atoms. The van der Waals surface area contributed by atoms with Gasteiger partial charge in [0.2, 0.25) is 5.91 Å². The van der Waals surface area contributed by atoms with Crippen molar-refractivity contribution >= 4 is 5.91 Å². The first-order valence-corrected chi connectivity index (χ1v) is 8.84. The minimum Gasteiger partial charge on any atom is -0.349 e. The number of rotatable bonds is 5. The standard InChI is InChI=1S/C21H26N2O/c1-17(19-10-6-3-7-11-19)22-21(24)20-12-14-23(15-13-20)16-18-8-4-2-5-9-18/h2-11,17,20H,12-16H2,1H3,(H,22,24)/t17-/m1/s1. The van der Waals surface area contributed by atoms with E-state index in [-0.39, 0.29) is 17.9 Å². The topological polar surface area (TPSA) is 32.3 Å². The molecule has 0 unspecified atom stereocenters. The van der Waals surface area contributed by atoms with Gasteiger partial charge in [-0.15, -0.1) is 0 Å². The van der Waals surface area contributed by atoms with Gasteiger partial charge < -0.3 is 5.32 Å². The van der Waals surface area contributed by atoms with Gasteiger partial charge in [-0.25, -0.2) is 0 Å². The first-order valence-electron chi connectivity index (χ1n) is 8.84. The summed E-state index contributed by atoms with van der Waals surface area (Å²) in [5.74, 6) is 0.342. The maximum atomic E-state index is 12.5. The Morgan fingerprint density at radius 1 is 1.04 bits per heavy atom. The molecule has 0 spiro atoms. The largest absolute Gasteiger partial charge is 0.349 e. The number of likely N-dealkylation sites (tertiary alicyclic amines) is 1. The van der Waals surface area contributed by atoms with Crippen molar-refractivity contribution in [2.75, 3.05) is 13.1 Å². The van der Waals surface area contributed by atoms with Crippen LogP contribution in [0.3, 0.4) is 0 Å². The fraction of sp³-hybridized carbons (Fsp3) is 0.381. The predicted molar refractivity (Wildman–Crippen MR) is 97.4 cm³/mol. The van der Waals surface area contributed by atoms with Gasteiger partial charge in [-0.2, -0.15) is 0 Å². The summed E-state index contributed by atoms with van der Waals surface area (Å²) in [5.41, 5.74) is 2.51. The summed E-state index contributed by atoms with van der Waals surface area (Å²) in [5, 5.41) is 3.17. The van der Waals surface area contributed by atoms with Crippen LogP contribution in [0.25, 0.3) is 0 Å². The Hall–Kier alpha value is -2.13. The number of hydrogen-bond acceptors (Lipinski definition) is 2. The molecule has 0 radical (unpaired) electrons. The van der Waals surface area contributed by atoms with E-state index in [9.17, 15) is 4.79 Å². The van der Waals surface area contributed by atoms with Gasteiger partial charge in [-0.3, -0.25) is 9.69 Å². The van der Waals surface area contributed by atoms with Crippen LogP contribution in [0.15, 0.2) is 60.7 Å². The third-order valence-corrected chi connectivity index (χ3v) is 4.87. The Morgan fingerprint density at radius 3 is 2.25 bits per heavy atom. The molecule has 1 N–H and O–H groups in total. The molecule has 1 fully saturated rings. The molecule has 3 rings (SSSR count). The van der Waals surface area contributed by atoms with Gasteiger partial charge in [-0.05, 0) is 44.0 Å². The lowest BCUT2D eigenvalue weighted by Gasteiger charge is -2.32. The van der Waals surface area contributed by atoms with Crippen LogP contribution >= 0.6 is 0 Å². The van der Waals surface area contributed by atoms with E-state index in [1.54, 1.807) is 0 Å². The van der Waals surface area contributed by atoms with Crippen LogP contribution < -0.4 is 5.32 Å². The number of amides is 1. The molecule has 0 aliphatic carbocycles. The van der Waals surface area contributed by atoms with Gasteiger partial charge in [0.1, 0.15) is 0 Å². The molecule has 0 aromatic heterocycles. The van der Waals surface area contributed by atoms with E-state index in [1.807, 2.05) is 24.3 Å². The summed E-state index contributed by atoms with van der Waals surface area (Å²) in [6, 6.07) is 20.8. The van der Waals surface area contributed by atoms with Crippen LogP contribution in [0.5, 0.6) is 0 Å². The van der Waals surface area contributed by atoms with Crippen molar-refractivity contribution in [3.05, 3.63) is 71.8 Å². The molecule has 1 saturated heterocycles. The highest BCUT2D eigenvalue weighted by molar-refractivity contribution is 5.79. The maximum Gasteiger partial charge on any atom is 0.223 e. The molecule has 3 nitrogen and oxygen atoms in total. The summed E-state index contributed by atoms with van der Waals surface area (Å²) in [4.78, 5) is 15.0. The summed E-state index contributed by atoms with van der Waals surface area (Å²) in [7, 11) is 0. The van der Waals surface area contributed by atoms with Crippen molar-refractivity contribution in [2.24, 2.45) is 5.92 Å². The Balaban J connectivity index is 1.47. The number of nitrogens with zero attached hydrogens (tertiary/aromatic N) is 1. The summed E-state index contributed by atoms with van der Waals surface area (Å²) in [6.07, 6.45) is 1.89. The number of piperidine rings is 1. The lowest BCUT2D eigenvalue weighted by atomic mass is 9.95. The van der Waals surface area contributed by atoms with Gasteiger partial charge in [0, 0.05) is 12.5 Å². The van der Waals surface area contributed by atoms with Crippen LogP contribution in [0, 0.1) is 5.92 Å². The number of nitrogens with one attached hydrogen (secondary N) is 1. The second-order valence-electron chi connectivity index (χ2n) is 6.68. The lowest BCUT2D eigenvalue weighted by Crippen LogP contribution is -2.40. The van der Waals surface area contributed by atoms with E-state index in [0.717, 1.165) is 38.0 Å². The van der Waals surface area contributed by atoms with Crippen LogP contribution in [0.4, 0.5) is 0 Å². The van der Waals surface area contributed by atoms with Gasteiger partial charge in [0.05, 0.1) is 6.04 Å². The van der Waals surface area contributed by atoms with Crippen molar-refractivity contribution in [3.63, 3.8) is 0 Å². The second-order valence-corrected chi connectivity index (χ2v) is 6.68. The third-order valence-electron chi connectivity index (χ3n) is 4.87. The zero-order chi connectivity index (χ0) is 16.8. The SMILES string of the molecule is C[C@@H](NC(=O)C1CCN(Cc2ccccc2)CC1)c1ccccc1. The van der Waals surface area contributed by atoms with Crippen molar-refractivity contribution in [1.82, 2.24) is 10.2 Å². The van der Waals surface area contributed by atoms with E-state index >= 15 is 0 Å². The van der Waals surface area contributed by atoms with E-state index in [4.69, 9.17) is 0 Å². The highest BCUT2D eigenvalue weighted by Crippen LogP contribution is 2.21. The summed E-state index contributed by atoms with van der Waals surface area (Å²) < 4.78 is 0. The average Bonchev–Trinajstić information content (AvgIpc) is 2.64. The molecule has 126 valence electrons. The molecule has 0 saturated carbocycles. The second kappa shape index (κ2) is 8.11. The monoisotopic (exact) mass is 322 g/mol. The minimum absolute atomic E-state index is 0.0704. The van der Waals surface area contributed by atoms with Gasteiger partial charge >= 0.3 is 0 Å². The maximum absolute atomic E-state index is 12.5. The third kappa shape index (κ3) is 4.45. The fourth-order valence-electron chi connectivity index (χ4n) is 3.35. The molecule has 3 heteroatoms. The molecular weight excluding hydrogens is 296 g/mol. The molecule has 2 aromatic rings. The highest BCUT2D eigenvalue weighted by atomic mass is 16.1. The summed E-state index contributed by atoms with van der Waals surface area (Å²) >= 11 is 0. The lowest BCUT2D eigenvalue weighted by molar-refractivity contribution is -0.127. The Kier molecular flexibility index (Phi) is 5.65. The zero-order valence-electron chi connectivity index (χ0n) is 14.3. The molecule has 1 aliphatic rings. The smallest absolute Gasteiger partial charge is 0.223 e. The van der Waals surface area contributed by atoms with Crippen LogP contribution in [0.1, 0.15) is 36.9 Å². The Bertz CT molecular complexity index is 633. The molecule has 1 aliphatic heterocycles. The average molecular weight is 322 g/mol. The van der Waals surface area contributed by atoms with E-state index < -0.39 is 0 Å². The first-order chi connectivity index (χ1) is 11.7. The van der Waals surface area contributed by atoms with Gasteiger partial charge in [0.25, 0.3) is 0 Å². The highest BCUT2D eigenvalue weighted by Gasteiger charge is 2.25. The number of benzene rings is 2. The van der Waals surface area contributed by atoms with Crippen LogP contribution in [0.2, 0.25) is 0 Å². The number of carbonyl (C=O) groups is 1. The Morgan fingerprint density at radius 2 is 1.62 bits per heavy atom. The number of carbonyl (C=O) groups excluding carboxylic acids is 1. The zero-order valence-corrected chi connectivity index (χ0v) is 14.3. The normalized spacial score (nSPS) is 17.4. The minimum atomic E-state index is 0.0704. The quantitative estimate of drug-likeness (QED) is 0.908. The molecule has 2 aromatic carbocycles. The van der Waals surface area contributed by atoms with Crippen LogP contribution in [-0.4, -0.2) is 23.9 Å². The van der Waals surface area contributed by atoms with Gasteiger partial charge in [-0.1, -0.05) is 60.7 Å². The van der Waals surface area contributed by atoms with Crippen LogP contribution in [-0.2, 0) is 11.3 Å². The van der Waals surface area contributed by atoms with Gasteiger partial charge in [0.15, 0.2) is 0 Å². The van der Waals surface area contributed by atoms with Crippen molar-refractivity contribution in [2.45, 2.75) is 32.4 Å². The summed E-state index contributed by atoms with van der Waals surface area (Å²) in [6.45, 7) is 5.02. The molecule has 24 heavy (non-hydrogen) atoms. The Labute approximate surface area is 144 Å². The fourth-order valence-corrected chi connectivity index (χ4v) is 3.35. The van der Waals surface area contributed by atoms with Crippen molar-refractivity contribution in [3.8, 4) is 0 Å². The van der Waals surface area contributed by atoms with E-state index in [2.05, 4.69) is 53.5 Å². The molecule has 1 heterocycles. The molecule has 1 atom stereocenters. The van der Waals surface area contributed by atoms with E-state index in [1.165, 1.54) is 5.56 Å².